The Labute approximate surface area is 124 Å². The predicted octanol–water partition coefficient (Wildman–Crippen LogP) is 1.25. The Morgan fingerprint density at radius 1 is 1.29 bits per heavy atom. The summed E-state index contributed by atoms with van der Waals surface area (Å²) >= 11 is 0. The summed E-state index contributed by atoms with van der Waals surface area (Å²) in [6, 6.07) is 6.43. The smallest absolute Gasteiger partial charge is 0.241 e. The lowest BCUT2D eigenvalue weighted by Crippen LogP contribution is -2.36. The van der Waals surface area contributed by atoms with Crippen molar-refractivity contribution in [2.24, 2.45) is 17.4 Å². The molecule has 116 valence electrons. The molecular weight excluding hydrogens is 270 g/mol. The number of nitrogens with one attached hydrogen (secondary N) is 1. The molecule has 5 N–H and O–H groups in total. The number of primary amides is 1. The zero-order valence-corrected chi connectivity index (χ0v) is 12.5. The molecule has 0 bridgehead atoms. The van der Waals surface area contributed by atoms with Gasteiger partial charge in [0.25, 0.3) is 0 Å². The molecule has 6 heteroatoms. The van der Waals surface area contributed by atoms with Crippen LogP contribution in [0.25, 0.3) is 0 Å². The van der Waals surface area contributed by atoms with E-state index in [4.69, 9.17) is 16.2 Å². The average molecular weight is 293 g/mol. The van der Waals surface area contributed by atoms with Crippen molar-refractivity contribution >= 4 is 17.5 Å². The van der Waals surface area contributed by atoms with Crippen LogP contribution >= 0.6 is 0 Å². The van der Waals surface area contributed by atoms with Gasteiger partial charge in [0.15, 0.2) is 0 Å². The molecular formula is C15H23N3O3. The monoisotopic (exact) mass is 293 g/mol. The third-order valence-corrected chi connectivity index (χ3v) is 2.81. The van der Waals surface area contributed by atoms with Crippen LogP contribution in [0.3, 0.4) is 0 Å². The van der Waals surface area contributed by atoms with Crippen molar-refractivity contribution in [1.29, 1.82) is 0 Å². The highest BCUT2D eigenvalue weighted by atomic mass is 16.5. The molecule has 0 fully saturated rings. The van der Waals surface area contributed by atoms with Crippen LogP contribution in [-0.4, -0.2) is 24.5 Å². The second kappa shape index (κ2) is 8.26. The number of carbonyl (C=O) groups excluding carboxylic acids is 2. The van der Waals surface area contributed by atoms with Crippen molar-refractivity contribution in [2.75, 3.05) is 11.9 Å². The SMILES string of the molecule is CC(C)C[C@@H](N)C(=O)Nc1ccccc1OCCC(N)=O. The van der Waals surface area contributed by atoms with E-state index in [0.717, 1.165) is 0 Å². The van der Waals surface area contributed by atoms with E-state index in [1.165, 1.54) is 0 Å². The van der Waals surface area contributed by atoms with Crippen molar-refractivity contribution in [1.82, 2.24) is 0 Å². The van der Waals surface area contributed by atoms with Gasteiger partial charge in [0.05, 0.1) is 24.8 Å². The predicted molar refractivity (Wildman–Crippen MR) is 81.8 cm³/mol. The van der Waals surface area contributed by atoms with E-state index < -0.39 is 11.9 Å². The van der Waals surface area contributed by atoms with E-state index >= 15 is 0 Å². The normalized spacial score (nSPS) is 12.0. The minimum Gasteiger partial charge on any atom is -0.491 e. The number of amides is 2. The lowest BCUT2D eigenvalue weighted by atomic mass is 10.0. The van der Waals surface area contributed by atoms with Gasteiger partial charge in [-0.3, -0.25) is 9.59 Å². The Hall–Kier alpha value is -2.08. The van der Waals surface area contributed by atoms with Gasteiger partial charge in [0.2, 0.25) is 11.8 Å². The minimum atomic E-state index is -0.566. The fraction of sp³-hybridized carbons (Fsp3) is 0.467. The van der Waals surface area contributed by atoms with Crippen LogP contribution in [0, 0.1) is 5.92 Å². The van der Waals surface area contributed by atoms with Crippen molar-refractivity contribution in [3.63, 3.8) is 0 Å². The molecule has 1 atom stereocenters. The molecule has 1 aromatic rings. The standard InChI is InChI=1S/C15H23N3O3/c1-10(2)9-11(16)15(20)18-12-5-3-4-6-13(12)21-8-7-14(17)19/h3-6,10-11H,7-9,16H2,1-2H3,(H2,17,19)(H,18,20)/t11-/m1/s1. The zero-order valence-electron chi connectivity index (χ0n) is 12.5. The molecule has 1 aromatic carbocycles. The number of para-hydroxylation sites is 2. The largest absolute Gasteiger partial charge is 0.491 e. The van der Waals surface area contributed by atoms with Crippen LogP contribution in [0.4, 0.5) is 5.69 Å². The number of rotatable bonds is 8. The van der Waals surface area contributed by atoms with Crippen LogP contribution in [0.5, 0.6) is 5.75 Å². The van der Waals surface area contributed by atoms with Crippen LogP contribution in [-0.2, 0) is 9.59 Å². The number of hydrogen-bond acceptors (Lipinski definition) is 4. The summed E-state index contributed by atoms with van der Waals surface area (Å²) in [5, 5.41) is 2.75. The molecule has 0 saturated heterocycles. The van der Waals surface area contributed by atoms with Gasteiger partial charge in [-0.05, 0) is 24.5 Å². The Bertz CT molecular complexity index is 489. The molecule has 0 heterocycles. The Morgan fingerprint density at radius 2 is 1.95 bits per heavy atom. The van der Waals surface area contributed by atoms with Crippen LogP contribution in [0.15, 0.2) is 24.3 Å². The highest BCUT2D eigenvalue weighted by molar-refractivity contribution is 5.95. The van der Waals surface area contributed by atoms with Gasteiger partial charge in [0.1, 0.15) is 5.75 Å². The summed E-state index contributed by atoms with van der Waals surface area (Å²) in [7, 11) is 0. The highest BCUT2D eigenvalue weighted by Crippen LogP contribution is 2.24. The molecule has 21 heavy (non-hydrogen) atoms. The number of ether oxygens (including phenoxy) is 1. The lowest BCUT2D eigenvalue weighted by molar-refractivity contribution is -0.119. The molecule has 1 rings (SSSR count). The molecule has 0 aliphatic rings. The topological polar surface area (TPSA) is 107 Å². The van der Waals surface area contributed by atoms with Crippen LogP contribution in [0.2, 0.25) is 0 Å². The molecule has 2 amide bonds. The quantitative estimate of drug-likeness (QED) is 0.670. The van der Waals surface area contributed by atoms with E-state index in [9.17, 15) is 9.59 Å². The van der Waals surface area contributed by atoms with Gasteiger partial charge < -0.3 is 21.5 Å². The first-order valence-electron chi connectivity index (χ1n) is 6.96. The number of hydrogen-bond donors (Lipinski definition) is 3. The summed E-state index contributed by atoms with van der Waals surface area (Å²) in [6.07, 6.45) is 0.728. The third-order valence-electron chi connectivity index (χ3n) is 2.81. The molecule has 0 spiro atoms. The molecule has 0 aliphatic heterocycles. The number of carbonyl (C=O) groups is 2. The third kappa shape index (κ3) is 6.27. The van der Waals surface area contributed by atoms with Gasteiger partial charge >= 0.3 is 0 Å². The van der Waals surface area contributed by atoms with Crippen molar-refractivity contribution in [2.45, 2.75) is 32.7 Å². The first kappa shape index (κ1) is 17.0. The first-order valence-corrected chi connectivity index (χ1v) is 6.96. The maximum atomic E-state index is 12.0. The van der Waals surface area contributed by atoms with Crippen LogP contribution < -0.4 is 21.5 Å². The van der Waals surface area contributed by atoms with E-state index in [2.05, 4.69) is 5.32 Å². The molecule has 0 aliphatic carbocycles. The number of nitrogens with two attached hydrogens (primary N) is 2. The van der Waals surface area contributed by atoms with Gasteiger partial charge in [-0.1, -0.05) is 26.0 Å². The molecule has 0 unspecified atom stereocenters. The summed E-state index contributed by atoms with van der Waals surface area (Å²) in [5.74, 6) is 0.141. The Kier molecular flexibility index (Phi) is 6.68. The van der Waals surface area contributed by atoms with Gasteiger partial charge in [-0.2, -0.15) is 0 Å². The fourth-order valence-electron chi connectivity index (χ4n) is 1.80. The zero-order chi connectivity index (χ0) is 15.8. The van der Waals surface area contributed by atoms with E-state index in [0.29, 0.717) is 23.8 Å². The molecule has 0 radical (unpaired) electrons. The number of anilines is 1. The van der Waals surface area contributed by atoms with E-state index in [-0.39, 0.29) is 18.9 Å². The summed E-state index contributed by atoms with van der Waals surface area (Å²) < 4.78 is 5.45. The highest BCUT2D eigenvalue weighted by Gasteiger charge is 2.16. The molecule has 0 saturated carbocycles. The maximum absolute atomic E-state index is 12.0. The second-order valence-corrected chi connectivity index (χ2v) is 5.29. The maximum Gasteiger partial charge on any atom is 0.241 e. The van der Waals surface area contributed by atoms with Crippen molar-refractivity contribution in [3.8, 4) is 5.75 Å². The average Bonchev–Trinajstić information content (AvgIpc) is 2.39. The van der Waals surface area contributed by atoms with Gasteiger partial charge in [-0.15, -0.1) is 0 Å². The lowest BCUT2D eigenvalue weighted by Gasteiger charge is -2.16. The second-order valence-electron chi connectivity index (χ2n) is 5.29. The minimum absolute atomic E-state index is 0.120. The van der Waals surface area contributed by atoms with Gasteiger partial charge in [-0.25, -0.2) is 0 Å². The first-order chi connectivity index (χ1) is 9.90. The van der Waals surface area contributed by atoms with Crippen molar-refractivity contribution < 1.29 is 14.3 Å². The van der Waals surface area contributed by atoms with Crippen molar-refractivity contribution in [3.05, 3.63) is 24.3 Å². The van der Waals surface area contributed by atoms with Crippen LogP contribution in [0.1, 0.15) is 26.7 Å². The summed E-state index contributed by atoms with van der Waals surface area (Å²) in [4.78, 5) is 22.7. The molecule has 0 aromatic heterocycles. The van der Waals surface area contributed by atoms with E-state index in [1.807, 2.05) is 13.8 Å². The Balaban J connectivity index is 2.65. The summed E-state index contributed by atoms with van der Waals surface area (Å²) in [6.45, 7) is 4.18. The van der Waals surface area contributed by atoms with E-state index in [1.54, 1.807) is 24.3 Å². The fourth-order valence-corrected chi connectivity index (χ4v) is 1.80. The Morgan fingerprint density at radius 3 is 2.57 bits per heavy atom. The molecule has 6 nitrogen and oxygen atoms in total. The summed E-state index contributed by atoms with van der Waals surface area (Å²) in [5.41, 5.74) is 11.4. The van der Waals surface area contributed by atoms with Gasteiger partial charge in [0, 0.05) is 0 Å². The number of benzene rings is 1.